The summed E-state index contributed by atoms with van der Waals surface area (Å²) in [6, 6.07) is 0. The lowest BCUT2D eigenvalue weighted by Gasteiger charge is -2.24. The Morgan fingerprint density at radius 2 is 2.42 bits per heavy atom. The minimum atomic E-state index is -1.08. The molecule has 0 aromatic heterocycles. The van der Waals surface area contributed by atoms with Gasteiger partial charge in [-0.25, -0.2) is 9.18 Å². The van der Waals surface area contributed by atoms with Gasteiger partial charge >= 0.3 is 6.09 Å². The molecule has 5 heteroatoms. The molecule has 3 nitrogen and oxygen atoms in total. The van der Waals surface area contributed by atoms with Crippen LogP contribution >= 0.6 is 11.6 Å². The van der Waals surface area contributed by atoms with Gasteiger partial charge in [-0.05, 0) is 12.0 Å². The van der Waals surface area contributed by atoms with Crippen molar-refractivity contribution in [3.8, 4) is 0 Å². The second kappa shape index (κ2) is 3.76. The number of halogens is 2. The molecule has 1 aliphatic heterocycles. The highest BCUT2D eigenvalue weighted by molar-refractivity contribution is 6.19. The topological polar surface area (TPSA) is 40.5 Å². The molecule has 0 aromatic carbocycles. The summed E-state index contributed by atoms with van der Waals surface area (Å²) in [6.07, 6.45) is -0.680. The lowest BCUT2D eigenvalue weighted by molar-refractivity contribution is 0.144. The van der Waals surface area contributed by atoms with Gasteiger partial charge in [-0.1, -0.05) is 0 Å². The molecule has 0 aromatic rings. The molecule has 0 radical (unpaired) electrons. The van der Waals surface area contributed by atoms with Gasteiger partial charge in [0.1, 0.15) is 5.83 Å². The molecular weight excluding hydrogens is 185 g/mol. The van der Waals surface area contributed by atoms with E-state index in [0.29, 0.717) is 18.5 Å². The van der Waals surface area contributed by atoms with E-state index in [1.807, 2.05) is 0 Å². The molecule has 1 rings (SSSR count). The zero-order valence-electron chi connectivity index (χ0n) is 6.39. The quantitative estimate of drug-likeness (QED) is 0.646. The van der Waals surface area contributed by atoms with Crippen molar-refractivity contribution in [1.82, 2.24) is 4.90 Å². The normalized spacial score (nSPS) is 18.3. The molecule has 0 aliphatic carbocycles. The van der Waals surface area contributed by atoms with Crippen LogP contribution in [0.3, 0.4) is 0 Å². The summed E-state index contributed by atoms with van der Waals surface area (Å²) in [6.45, 7) is 0.183. The van der Waals surface area contributed by atoms with E-state index < -0.39 is 11.9 Å². The van der Waals surface area contributed by atoms with Gasteiger partial charge in [-0.3, -0.25) is 0 Å². The standard InChI is InChI=1S/C7H9ClFNO2/c8-3-5-1-2-10(7(11)12)4-6(5)9/h1-4H2,(H,11,12). The van der Waals surface area contributed by atoms with Crippen molar-refractivity contribution in [1.29, 1.82) is 0 Å². The van der Waals surface area contributed by atoms with Gasteiger partial charge in [0.05, 0.1) is 6.54 Å². The van der Waals surface area contributed by atoms with Gasteiger partial charge in [0.15, 0.2) is 0 Å². The first-order chi connectivity index (χ1) is 5.65. The van der Waals surface area contributed by atoms with Gasteiger partial charge in [0, 0.05) is 12.4 Å². The van der Waals surface area contributed by atoms with Crippen LogP contribution in [0, 0.1) is 0 Å². The van der Waals surface area contributed by atoms with Crippen molar-refractivity contribution < 1.29 is 14.3 Å². The van der Waals surface area contributed by atoms with Crippen LogP contribution in [0.1, 0.15) is 6.42 Å². The van der Waals surface area contributed by atoms with E-state index in [4.69, 9.17) is 16.7 Å². The maximum Gasteiger partial charge on any atom is 0.407 e. The molecule has 0 saturated heterocycles. The Morgan fingerprint density at radius 1 is 1.75 bits per heavy atom. The summed E-state index contributed by atoms with van der Waals surface area (Å²) < 4.78 is 12.9. The fourth-order valence-electron chi connectivity index (χ4n) is 1.07. The Bertz CT molecular complexity index is 229. The molecule has 0 spiro atoms. The van der Waals surface area contributed by atoms with Crippen LogP contribution in [0.25, 0.3) is 0 Å². The third kappa shape index (κ3) is 1.88. The van der Waals surface area contributed by atoms with Gasteiger partial charge in [0.2, 0.25) is 0 Å². The molecule has 0 bridgehead atoms. The first kappa shape index (κ1) is 9.32. The highest BCUT2D eigenvalue weighted by atomic mass is 35.5. The lowest BCUT2D eigenvalue weighted by Crippen LogP contribution is -2.35. The van der Waals surface area contributed by atoms with E-state index in [0.717, 1.165) is 4.90 Å². The molecule has 1 aliphatic rings. The minimum Gasteiger partial charge on any atom is -0.465 e. The summed E-state index contributed by atoms with van der Waals surface area (Å²) in [5.41, 5.74) is 0.522. The number of carboxylic acid groups (broad SMARTS) is 1. The molecule has 0 unspecified atom stereocenters. The second-order valence-electron chi connectivity index (χ2n) is 2.60. The van der Waals surface area contributed by atoms with E-state index in [9.17, 15) is 9.18 Å². The van der Waals surface area contributed by atoms with Gasteiger partial charge in [-0.15, -0.1) is 11.6 Å². The highest BCUT2D eigenvalue weighted by Gasteiger charge is 2.21. The van der Waals surface area contributed by atoms with Crippen LogP contribution in [-0.2, 0) is 0 Å². The number of hydrogen-bond donors (Lipinski definition) is 1. The maximum atomic E-state index is 12.9. The van der Waals surface area contributed by atoms with Crippen molar-refractivity contribution in [2.24, 2.45) is 0 Å². The van der Waals surface area contributed by atoms with Crippen LogP contribution in [-0.4, -0.2) is 35.1 Å². The Labute approximate surface area is 74.4 Å². The Morgan fingerprint density at radius 3 is 2.83 bits per heavy atom. The Hall–Kier alpha value is -0.770. The van der Waals surface area contributed by atoms with Crippen LogP contribution < -0.4 is 0 Å². The smallest absolute Gasteiger partial charge is 0.407 e. The molecule has 12 heavy (non-hydrogen) atoms. The summed E-state index contributed by atoms with van der Waals surface area (Å²) in [4.78, 5) is 11.4. The van der Waals surface area contributed by atoms with Crippen LogP contribution in [0.2, 0.25) is 0 Å². The van der Waals surface area contributed by atoms with Gasteiger partial charge in [-0.2, -0.15) is 0 Å². The predicted molar refractivity (Wildman–Crippen MR) is 43.1 cm³/mol. The third-order valence-corrected chi connectivity index (χ3v) is 2.15. The van der Waals surface area contributed by atoms with Crippen molar-refractivity contribution in [2.45, 2.75) is 6.42 Å². The zero-order chi connectivity index (χ0) is 9.14. The largest absolute Gasteiger partial charge is 0.465 e. The number of alkyl halides is 1. The van der Waals surface area contributed by atoms with Crippen molar-refractivity contribution >= 4 is 17.7 Å². The van der Waals surface area contributed by atoms with Gasteiger partial charge in [0.25, 0.3) is 0 Å². The first-order valence-electron chi connectivity index (χ1n) is 3.55. The SMILES string of the molecule is O=C(O)N1CCC(CCl)=C(F)C1. The first-order valence-corrected chi connectivity index (χ1v) is 4.09. The zero-order valence-corrected chi connectivity index (χ0v) is 7.14. The van der Waals surface area contributed by atoms with E-state index in [1.54, 1.807) is 0 Å². The van der Waals surface area contributed by atoms with E-state index >= 15 is 0 Å². The summed E-state index contributed by atoms with van der Waals surface area (Å²) in [5.74, 6) is -0.252. The summed E-state index contributed by atoms with van der Waals surface area (Å²) in [7, 11) is 0. The Balaban J connectivity index is 2.65. The molecule has 0 saturated carbocycles. The maximum absolute atomic E-state index is 12.9. The summed E-state index contributed by atoms with van der Waals surface area (Å²) >= 11 is 5.44. The van der Waals surface area contributed by atoms with Crippen molar-refractivity contribution in [3.05, 3.63) is 11.4 Å². The molecule has 1 N–H and O–H groups in total. The third-order valence-electron chi connectivity index (χ3n) is 1.83. The minimum absolute atomic E-state index is 0.152. The fraction of sp³-hybridized carbons (Fsp3) is 0.571. The number of rotatable bonds is 1. The second-order valence-corrected chi connectivity index (χ2v) is 2.86. The number of hydrogen-bond acceptors (Lipinski definition) is 1. The van der Waals surface area contributed by atoms with Crippen LogP contribution in [0.15, 0.2) is 11.4 Å². The molecule has 0 atom stereocenters. The lowest BCUT2D eigenvalue weighted by atomic mass is 10.1. The molecule has 0 fully saturated rings. The van der Waals surface area contributed by atoms with Gasteiger partial charge < -0.3 is 10.0 Å². The summed E-state index contributed by atoms with van der Waals surface area (Å²) in [5, 5.41) is 8.52. The van der Waals surface area contributed by atoms with Crippen LogP contribution in [0.4, 0.5) is 9.18 Å². The monoisotopic (exact) mass is 193 g/mol. The fourth-order valence-corrected chi connectivity index (χ4v) is 1.35. The average molecular weight is 194 g/mol. The number of nitrogens with zero attached hydrogens (tertiary/aromatic N) is 1. The molecule has 68 valence electrons. The molecule has 1 amide bonds. The van der Waals surface area contributed by atoms with Crippen LogP contribution in [0.5, 0.6) is 0 Å². The molecular formula is C7H9ClFNO2. The number of amides is 1. The van der Waals surface area contributed by atoms with Crippen molar-refractivity contribution in [3.63, 3.8) is 0 Å². The van der Waals surface area contributed by atoms with E-state index in [-0.39, 0.29) is 12.4 Å². The molecule has 1 heterocycles. The number of carbonyl (C=O) groups is 1. The average Bonchev–Trinajstić information content (AvgIpc) is 2.04. The van der Waals surface area contributed by atoms with E-state index in [2.05, 4.69) is 0 Å². The highest BCUT2D eigenvalue weighted by Crippen LogP contribution is 2.19. The Kier molecular flexibility index (Phi) is 2.92. The van der Waals surface area contributed by atoms with E-state index in [1.165, 1.54) is 0 Å². The van der Waals surface area contributed by atoms with Crippen molar-refractivity contribution in [2.75, 3.05) is 19.0 Å². The predicted octanol–water partition coefficient (Wildman–Crippen LogP) is 1.83.